The van der Waals surface area contributed by atoms with Gasteiger partial charge in [0.05, 0.1) is 28.5 Å². The third kappa shape index (κ3) is 4.15. The molecule has 0 bridgehead atoms. The standard InChI is InChI=1S/C24H23N5O3.ClH/c1-16-4-2-11-25-20(16)15-27-13-10-19(14-27)29-22-21(5-3-12-26-22)28(24(29)32)18-8-6-17(7-9-18)23(30)31;/h2-9,11-12,19H,10,13-15H2,1H3,(H,30,31);1H/t19-;/m0./s1. The van der Waals surface area contributed by atoms with Gasteiger partial charge >= 0.3 is 11.7 Å². The third-order valence-electron chi connectivity index (χ3n) is 6.11. The van der Waals surface area contributed by atoms with Gasteiger partial charge < -0.3 is 5.11 Å². The van der Waals surface area contributed by atoms with Gasteiger partial charge in [0, 0.05) is 32.0 Å². The fraction of sp³-hybridized carbons (Fsp3) is 0.250. The van der Waals surface area contributed by atoms with Crippen molar-refractivity contribution in [3.63, 3.8) is 0 Å². The van der Waals surface area contributed by atoms with Crippen molar-refractivity contribution in [1.29, 1.82) is 0 Å². The van der Waals surface area contributed by atoms with Crippen molar-refractivity contribution in [2.24, 2.45) is 0 Å². The van der Waals surface area contributed by atoms with Gasteiger partial charge in [-0.05, 0) is 61.4 Å². The molecule has 9 heteroatoms. The average Bonchev–Trinajstić information content (AvgIpc) is 3.36. The van der Waals surface area contributed by atoms with Gasteiger partial charge in [0.25, 0.3) is 0 Å². The molecule has 0 radical (unpaired) electrons. The second kappa shape index (κ2) is 9.17. The van der Waals surface area contributed by atoms with E-state index in [0.717, 1.165) is 37.3 Å². The Balaban J connectivity index is 0.00000259. The van der Waals surface area contributed by atoms with Crippen molar-refractivity contribution >= 4 is 29.5 Å². The first-order chi connectivity index (χ1) is 15.5. The molecule has 1 aromatic carbocycles. The van der Waals surface area contributed by atoms with Crippen LogP contribution in [0.25, 0.3) is 16.9 Å². The van der Waals surface area contributed by atoms with Crippen molar-refractivity contribution in [2.75, 3.05) is 13.1 Å². The van der Waals surface area contributed by atoms with E-state index in [1.54, 1.807) is 33.5 Å². The molecule has 1 aliphatic rings. The second-order valence-electron chi connectivity index (χ2n) is 8.13. The van der Waals surface area contributed by atoms with Crippen LogP contribution in [0, 0.1) is 6.92 Å². The normalized spacial score (nSPS) is 16.1. The fourth-order valence-electron chi connectivity index (χ4n) is 4.44. The van der Waals surface area contributed by atoms with Gasteiger partial charge in [0.2, 0.25) is 0 Å². The first kappa shape index (κ1) is 22.7. The molecule has 1 N–H and O–H groups in total. The first-order valence-electron chi connectivity index (χ1n) is 10.6. The Morgan fingerprint density at radius 1 is 1.09 bits per heavy atom. The largest absolute Gasteiger partial charge is 0.478 e. The number of fused-ring (bicyclic) bond motifs is 1. The van der Waals surface area contributed by atoms with Gasteiger partial charge in [-0.3, -0.25) is 19.0 Å². The number of rotatable bonds is 5. The number of pyridine rings is 2. The molecule has 33 heavy (non-hydrogen) atoms. The lowest BCUT2D eigenvalue weighted by Gasteiger charge is -2.17. The Bertz CT molecular complexity index is 1360. The highest BCUT2D eigenvalue weighted by molar-refractivity contribution is 5.88. The molecule has 1 atom stereocenters. The van der Waals surface area contributed by atoms with Crippen LogP contribution in [0.3, 0.4) is 0 Å². The van der Waals surface area contributed by atoms with Crippen LogP contribution >= 0.6 is 12.4 Å². The van der Waals surface area contributed by atoms with Gasteiger partial charge in [0.1, 0.15) is 0 Å². The molecule has 0 unspecified atom stereocenters. The molecule has 0 spiro atoms. The van der Waals surface area contributed by atoms with Crippen molar-refractivity contribution in [1.82, 2.24) is 24.0 Å². The number of hydrogen-bond donors (Lipinski definition) is 1. The van der Waals surface area contributed by atoms with E-state index in [2.05, 4.69) is 27.9 Å². The highest BCUT2D eigenvalue weighted by Gasteiger charge is 2.29. The molecule has 1 saturated heterocycles. The van der Waals surface area contributed by atoms with Gasteiger partial charge in [-0.1, -0.05) is 6.07 Å². The summed E-state index contributed by atoms with van der Waals surface area (Å²) in [5.41, 5.74) is 4.20. The molecule has 8 nitrogen and oxygen atoms in total. The van der Waals surface area contributed by atoms with E-state index < -0.39 is 5.97 Å². The number of halogens is 1. The Kier molecular flexibility index (Phi) is 6.31. The van der Waals surface area contributed by atoms with E-state index in [4.69, 9.17) is 0 Å². The average molecular weight is 466 g/mol. The van der Waals surface area contributed by atoms with E-state index in [-0.39, 0.29) is 29.7 Å². The van der Waals surface area contributed by atoms with Crippen LogP contribution < -0.4 is 5.69 Å². The van der Waals surface area contributed by atoms with Crippen LogP contribution in [0.1, 0.15) is 34.1 Å². The summed E-state index contributed by atoms with van der Waals surface area (Å²) >= 11 is 0. The highest BCUT2D eigenvalue weighted by atomic mass is 35.5. The van der Waals surface area contributed by atoms with Crippen molar-refractivity contribution in [3.05, 3.63) is 88.2 Å². The molecule has 0 aliphatic carbocycles. The molecule has 1 aliphatic heterocycles. The van der Waals surface area contributed by atoms with Crippen LogP contribution in [0.15, 0.2) is 65.7 Å². The van der Waals surface area contributed by atoms with E-state index >= 15 is 0 Å². The van der Waals surface area contributed by atoms with E-state index in [1.807, 2.05) is 18.3 Å². The predicted molar refractivity (Wildman–Crippen MR) is 127 cm³/mol. The number of carbonyl (C=O) groups is 1. The zero-order valence-electron chi connectivity index (χ0n) is 18.1. The lowest BCUT2D eigenvalue weighted by atomic mass is 10.2. The molecular weight excluding hydrogens is 442 g/mol. The summed E-state index contributed by atoms with van der Waals surface area (Å²) < 4.78 is 3.39. The minimum atomic E-state index is -0.998. The molecule has 4 heterocycles. The minimum absolute atomic E-state index is 0. The highest BCUT2D eigenvalue weighted by Crippen LogP contribution is 2.26. The Morgan fingerprint density at radius 3 is 2.55 bits per heavy atom. The molecule has 5 rings (SSSR count). The van der Waals surface area contributed by atoms with Gasteiger partial charge in [-0.2, -0.15) is 0 Å². The monoisotopic (exact) mass is 465 g/mol. The van der Waals surface area contributed by atoms with Crippen LogP contribution in [-0.2, 0) is 6.54 Å². The Morgan fingerprint density at radius 2 is 1.82 bits per heavy atom. The van der Waals surface area contributed by atoms with Crippen LogP contribution in [0.4, 0.5) is 0 Å². The summed E-state index contributed by atoms with van der Waals surface area (Å²) in [5, 5.41) is 9.18. The molecule has 0 amide bonds. The maximum atomic E-state index is 13.6. The van der Waals surface area contributed by atoms with E-state index in [9.17, 15) is 14.7 Å². The lowest BCUT2D eigenvalue weighted by molar-refractivity contribution is 0.0697. The zero-order chi connectivity index (χ0) is 22.2. The Hall–Kier alpha value is -3.49. The molecule has 0 saturated carbocycles. The number of benzene rings is 1. The predicted octanol–water partition coefficient (Wildman–Crippen LogP) is 3.46. The van der Waals surface area contributed by atoms with Crippen molar-refractivity contribution < 1.29 is 9.90 Å². The van der Waals surface area contributed by atoms with Crippen LogP contribution in [0.2, 0.25) is 0 Å². The smallest absolute Gasteiger partial charge is 0.335 e. The minimum Gasteiger partial charge on any atom is -0.478 e. The lowest BCUT2D eigenvalue weighted by Crippen LogP contribution is -2.29. The van der Waals surface area contributed by atoms with Gasteiger partial charge in [0.15, 0.2) is 5.65 Å². The molecule has 1 fully saturated rings. The molecule has 170 valence electrons. The first-order valence-corrected chi connectivity index (χ1v) is 10.6. The number of imidazole rings is 1. The second-order valence-corrected chi connectivity index (χ2v) is 8.13. The maximum absolute atomic E-state index is 13.6. The SMILES string of the molecule is Cc1cccnc1CN1CC[C@H](n2c(=O)n(-c3ccc(C(=O)O)cc3)c3cccnc32)C1.Cl. The zero-order valence-corrected chi connectivity index (χ0v) is 18.9. The van der Waals surface area contributed by atoms with Crippen LogP contribution in [0.5, 0.6) is 0 Å². The summed E-state index contributed by atoms with van der Waals surface area (Å²) in [4.78, 5) is 36.1. The number of nitrogens with zero attached hydrogens (tertiary/aromatic N) is 5. The summed E-state index contributed by atoms with van der Waals surface area (Å²) in [5.74, 6) is -0.998. The molecule has 3 aromatic heterocycles. The third-order valence-corrected chi connectivity index (χ3v) is 6.11. The van der Waals surface area contributed by atoms with E-state index in [0.29, 0.717) is 16.9 Å². The van der Waals surface area contributed by atoms with Gasteiger partial charge in [-0.15, -0.1) is 12.4 Å². The summed E-state index contributed by atoms with van der Waals surface area (Å²) in [6.45, 7) is 4.43. The number of likely N-dealkylation sites (tertiary alicyclic amines) is 1. The maximum Gasteiger partial charge on any atom is 0.335 e. The molecular formula is C24H24ClN5O3. The number of aryl methyl sites for hydroxylation is 1. The number of aromatic nitrogens is 4. The number of hydrogen-bond acceptors (Lipinski definition) is 5. The summed E-state index contributed by atoms with van der Waals surface area (Å²) in [6, 6.07) is 14.0. The van der Waals surface area contributed by atoms with E-state index in [1.165, 1.54) is 12.1 Å². The van der Waals surface area contributed by atoms with Crippen molar-refractivity contribution in [3.8, 4) is 5.69 Å². The summed E-state index contributed by atoms with van der Waals surface area (Å²) in [7, 11) is 0. The summed E-state index contributed by atoms with van der Waals surface area (Å²) in [6.07, 6.45) is 4.35. The quantitative estimate of drug-likeness (QED) is 0.485. The molecule has 4 aromatic rings. The number of carboxylic acids is 1. The fourth-order valence-corrected chi connectivity index (χ4v) is 4.44. The Labute approximate surface area is 196 Å². The van der Waals surface area contributed by atoms with Gasteiger partial charge in [-0.25, -0.2) is 14.6 Å². The topological polar surface area (TPSA) is 93.2 Å². The van der Waals surface area contributed by atoms with Crippen molar-refractivity contribution in [2.45, 2.75) is 25.9 Å². The van der Waals surface area contributed by atoms with Crippen LogP contribution in [-0.4, -0.2) is 48.2 Å². The number of carboxylic acid groups (broad SMARTS) is 1. The number of aromatic carboxylic acids is 1.